The molecule has 0 aliphatic rings. The third kappa shape index (κ3) is 5.54. The van der Waals surface area contributed by atoms with Gasteiger partial charge in [0, 0.05) is 35.0 Å². The number of amides is 1. The molecule has 0 saturated heterocycles. The van der Waals surface area contributed by atoms with E-state index in [1.54, 1.807) is 23.9 Å². The molecule has 1 N–H and O–H groups in total. The predicted octanol–water partition coefficient (Wildman–Crippen LogP) is 5.19. The molecule has 0 spiro atoms. The third-order valence-electron chi connectivity index (χ3n) is 4.67. The summed E-state index contributed by atoms with van der Waals surface area (Å²) in [6.07, 6.45) is 0.571. The van der Waals surface area contributed by atoms with Crippen molar-refractivity contribution in [1.82, 2.24) is 20.1 Å². The van der Waals surface area contributed by atoms with Crippen LogP contribution in [0.4, 0.5) is 0 Å². The third-order valence-corrected chi connectivity index (χ3v) is 5.92. The fraction of sp³-hybridized carbons (Fsp3) is 0.125. The van der Waals surface area contributed by atoms with Crippen LogP contribution < -0.4 is 5.32 Å². The van der Waals surface area contributed by atoms with Crippen LogP contribution in [0, 0.1) is 0 Å². The number of nitrogens with zero attached hydrogens (tertiary/aromatic N) is 3. The normalized spacial score (nSPS) is 10.7. The fourth-order valence-corrected chi connectivity index (χ4v) is 4.15. The lowest BCUT2D eigenvalue weighted by molar-refractivity contribution is 0.0954. The van der Waals surface area contributed by atoms with E-state index in [-0.39, 0.29) is 5.91 Å². The standard InChI is InChI=1S/C24H21ClN4OS/c25-20-13-11-18(12-14-20)17-31-24-28-27-22(29(24)21-9-5-2-6-10-21)15-16-26-23(30)19-7-3-1-4-8-19/h1-14H,15-17H2,(H,26,30). The van der Waals surface area contributed by atoms with Crippen LogP contribution in [0.15, 0.2) is 90.1 Å². The van der Waals surface area contributed by atoms with Crippen LogP contribution in [-0.4, -0.2) is 27.2 Å². The summed E-state index contributed by atoms with van der Waals surface area (Å²) in [5.74, 6) is 1.47. The van der Waals surface area contributed by atoms with Gasteiger partial charge in [-0.05, 0) is 42.0 Å². The van der Waals surface area contributed by atoms with E-state index in [1.165, 1.54) is 0 Å². The Morgan fingerprint density at radius 3 is 2.29 bits per heavy atom. The number of hydrogen-bond donors (Lipinski definition) is 1. The van der Waals surface area contributed by atoms with Gasteiger partial charge in [-0.1, -0.05) is 71.9 Å². The monoisotopic (exact) mass is 448 g/mol. The molecule has 0 aliphatic heterocycles. The maximum Gasteiger partial charge on any atom is 0.251 e. The SMILES string of the molecule is O=C(NCCc1nnc(SCc2ccc(Cl)cc2)n1-c1ccccc1)c1ccccc1. The smallest absolute Gasteiger partial charge is 0.251 e. The van der Waals surface area contributed by atoms with E-state index in [4.69, 9.17) is 11.6 Å². The number of aromatic nitrogens is 3. The maximum absolute atomic E-state index is 12.3. The van der Waals surface area contributed by atoms with Crippen molar-refractivity contribution in [2.45, 2.75) is 17.3 Å². The summed E-state index contributed by atoms with van der Waals surface area (Å²) in [7, 11) is 0. The summed E-state index contributed by atoms with van der Waals surface area (Å²) in [5.41, 5.74) is 2.80. The Hall–Kier alpha value is -3.09. The summed E-state index contributed by atoms with van der Waals surface area (Å²) in [4.78, 5) is 12.3. The van der Waals surface area contributed by atoms with E-state index in [2.05, 4.69) is 20.1 Å². The number of halogens is 1. The van der Waals surface area contributed by atoms with Crippen molar-refractivity contribution in [2.24, 2.45) is 0 Å². The molecule has 0 unspecified atom stereocenters. The molecular formula is C24H21ClN4OS. The molecule has 0 saturated carbocycles. The van der Waals surface area contributed by atoms with Crippen LogP contribution in [0.3, 0.4) is 0 Å². The second-order valence-corrected chi connectivity index (χ2v) is 8.24. The van der Waals surface area contributed by atoms with Gasteiger partial charge in [0.05, 0.1) is 0 Å². The number of carbonyl (C=O) groups is 1. The Labute approximate surface area is 190 Å². The predicted molar refractivity (Wildman–Crippen MR) is 125 cm³/mol. The molecule has 0 atom stereocenters. The second-order valence-electron chi connectivity index (χ2n) is 6.86. The highest BCUT2D eigenvalue weighted by Gasteiger charge is 2.15. The van der Waals surface area contributed by atoms with Gasteiger partial charge in [0.2, 0.25) is 0 Å². The van der Waals surface area contributed by atoms with Gasteiger partial charge in [0.1, 0.15) is 5.82 Å². The summed E-state index contributed by atoms with van der Waals surface area (Å²) >= 11 is 7.60. The first-order chi connectivity index (χ1) is 15.2. The Morgan fingerprint density at radius 2 is 1.58 bits per heavy atom. The van der Waals surface area contributed by atoms with Gasteiger partial charge in [0.15, 0.2) is 5.16 Å². The average molecular weight is 449 g/mol. The van der Waals surface area contributed by atoms with Gasteiger partial charge in [0.25, 0.3) is 5.91 Å². The molecule has 4 aromatic rings. The molecule has 0 radical (unpaired) electrons. The van der Waals surface area contributed by atoms with Crippen molar-refractivity contribution in [2.75, 3.05) is 6.54 Å². The molecule has 4 rings (SSSR count). The molecule has 0 fully saturated rings. The van der Waals surface area contributed by atoms with Crippen LogP contribution in [-0.2, 0) is 12.2 Å². The van der Waals surface area contributed by atoms with Gasteiger partial charge < -0.3 is 5.32 Å². The maximum atomic E-state index is 12.3. The molecule has 156 valence electrons. The molecule has 1 amide bonds. The van der Waals surface area contributed by atoms with Gasteiger partial charge in [-0.2, -0.15) is 0 Å². The van der Waals surface area contributed by atoms with E-state index in [9.17, 15) is 4.79 Å². The van der Waals surface area contributed by atoms with E-state index in [1.807, 2.05) is 72.8 Å². The number of carbonyl (C=O) groups excluding carboxylic acids is 1. The Morgan fingerprint density at radius 1 is 0.903 bits per heavy atom. The molecular weight excluding hydrogens is 428 g/mol. The lowest BCUT2D eigenvalue weighted by Crippen LogP contribution is -2.26. The van der Waals surface area contributed by atoms with Crippen molar-refractivity contribution in [1.29, 1.82) is 0 Å². The first-order valence-electron chi connectivity index (χ1n) is 9.91. The number of benzene rings is 3. The molecule has 1 heterocycles. The van der Waals surface area contributed by atoms with Crippen LogP contribution in [0.1, 0.15) is 21.7 Å². The van der Waals surface area contributed by atoms with Crippen LogP contribution in [0.5, 0.6) is 0 Å². The van der Waals surface area contributed by atoms with E-state index < -0.39 is 0 Å². The Balaban J connectivity index is 1.48. The largest absolute Gasteiger partial charge is 0.352 e. The molecule has 31 heavy (non-hydrogen) atoms. The van der Waals surface area contributed by atoms with Crippen molar-refractivity contribution < 1.29 is 4.79 Å². The number of rotatable bonds is 8. The van der Waals surface area contributed by atoms with Crippen LogP contribution in [0.2, 0.25) is 5.02 Å². The first kappa shape index (κ1) is 21.2. The van der Waals surface area contributed by atoms with Crippen molar-refractivity contribution in [3.05, 3.63) is 107 Å². The fourth-order valence-electron chi connectivity index (χ4n) is 3.10. The number of hydrogen-bond acceptors (Lipinski definition) is 4. The molecule has 7 heteroatoms. The van der Waals surface area contributed by atoms with Crippen molar-refractivity contribution in [3.8, 4) is 5.69 Å². The van der Waals surface area contributed by atoms with E-state index >= 15 is 0 Å². The van der Waals surface area contributed by atoms with Crippen molar-refractivity contribution in [3.63, 3.8) is 0 Å². The Kier molecular flexibility index (Phi) is 7.02. The van der Waals surface area contributed by atoms with Gasteiger partial charge in [-0.3, -0.25) is 9.36 Å². The zero-order valence-corrected chi connectivity index (χ0v) is 18.3. The Bertz CT molecular complexity index is 1130. The molecule has 1 aromatic heterocycles. The number of nitrogens with one attached hydrogen (secondary N) is 1. The molecule has 0 aliphatic carbocycles. The lowest BCUT2D eigenvalue weighted by Gasteiger charge is -2.11. The minimum absolute atomic E-state index is 0.0938. The summed E-state index contributed by atoms with van der Waals surface area (Å²) < 4.78 is 2.05. The van der Waals surface area contributed by atoms with Gasteiger partial charge in [-0.25, -0.2) is 0 Å². The molecule has 0 bridgehead atoms. The zero-order chi connectivity index (χ0) is 21.5. The van der Waals surface area contributed by atoms with E-state index in [0.29, 0.717) is 18.5 Å². The zero-order valence-electron chi connectivity index (χ0n) is 16.7. The summed E-state index contributed by atoms with van der Waals surface area (Å²) in [6.45, 7) is 0.473. The second kappa shape index (κ2) is 10.3. The van der Waals surface area contributed by atoms with Gasteiger partial charge >= 0.3 is 0 Å². The topological polar surface area (TPSA) is 59.8 Å². The summed E-state index contributed by atoms with van der Waals surface area (Å²) in [5, 5.41) is 13.3. The highest BCUT2D eigenvalue weighted by Crippen LogP contribution is 2.26. The number of para-hydroxylation sites is 1. The summed E-state index contributed by atoms with van der Waals surface area (Å²) in [6, 6.07) is 27.0. The minimum atomic E-state index is -0.0938. The average Bonchev–Trinajstić information content (AvgIpc) is 3.22. The molecule has 5 nitrogen and oxygen atoms in total. The highest BCUT2D eigenvalue weighted by atomic mass is 35.5. The molecule has 3 aromatic carbocycles. The first-order valence-corrected chi connectivity index (χ1v) is 11.3. The number of thioether (sulfide) groups is 1. The van der Waals surface area contributed by atoms with Crippen LogP contribution >= 0.6 is 23.4 Å². The van der Waals surface area contributed by atoms with E-state index in [0.717, 1.165) is 33.0 Å². The minimum Gasteiger partial charge on any atom is -0.352 e. The highest BCUT2D eigenvalue weighted by molar-refractivity contribution is 7.98. The quantitative estimate of drug-likeness (QED) is 0.377. The lowest BCUT2D eigenvalue weighted by atomic mass is 10.2. The van der Waals surface area contributed by atoms with Crippen LogP contribution in [0.25, 0.3) is 5.69 Å². The van der Waals surface area contributed by atoms with Crippen molar-refractivity contribution >= 4 is 29.3 Å². The van der Waals surface area contributed by atoms with Gasteiger partial charge in [-0.15, -0.1) is 10.2 Å².